The monoisotopic (exact) mass is 233 g/mol. The molecule has 5 nitrogen and oxygen atoms in total. The lowest BCUT2D eigenvalue weighted by molar-refractivity contribution is -0.116. The molecule has 0 atom stereocenters. The van der Waals surface area contributed by atoms with E-state index in [-0.39, 0.29) is 0 Å². The van der Waals surface area contributed by atoms with Crippen LogP contribution in [0.4, 0.5) is 0 Å². The van der Waals surface area contributed by atoms with Gasteiger partial charge in [-0.1, -0.05) is 0 Å². The van der Waals surface area contributed by atoms with E-state index in [1.54, 1.807) is 0 Å². The quantitative estimate of drug-likeness (QED) is 0.772. The molecule has 1 N–H and O–H groups in total. The van der Waals surface area contributed by atoms with Gasteiger partial charge in [0.1, 0.15) is 0 Å². The predicted molar refractivity (Wildman–Crippen MR) is 55.5 cm³/mol. The minimum Gasteiger partial charge on any atom is -0.501 e. The second-order valence-electron chi connectivity index (χ2n) is 3.64. The Labute approximate surface area is 89.5 Å². The van der Waals surface area contributed by atoms with Crippen molar-refractivity contribution in [2.24, 2.45) is 0 Å². The van der Waals surface area contributed by atoms with Gasteiger partial charge in [-0.15, -0.1) is 0 Å². The molecule has 15 heavy (non-hydrogen) atoms. The summed E-state index contributed by atoms with van der Waals surface area (Å²) in [6.45, 7) is 3.61. The molecule has 0 spiro atoms. The molecule has 86 valence electrons. The number of amides is 1. The Hall–Kier alpha value is -1.04. The van der Waals surface area contributed by atoms with Crippen LogP contribution in [0.3, 0.4) is 0 Å². The van der Waals surface area contributed by atoms with Gasteiger partial charge in [0.2, 0.25) is 10.0 Å². The first-order valence-electron chi connectivity index (χ1n) is 4.80. The Bertz CT molecular complexity index is 370. The van der Waals surface area contributed by atoms with Crippen LogP contribution < -0.4 is 4.72 Å². The molecule has 1 aliphatic heterocycles. The molecule has 0 bridgehead atoms. The fourth-order valence-electron chi connectivity index (χ4n) is 1.04. The van der Waals surface area contributed by atoms with Gasteiger partial charge in [-0.2, -0.15) is 0 Å². The van der Waals surface area contributed by atoms with Crippen LogP contribution in [-0.2, 0) is 19.6 Å². The number of rotatable bonds is 3. The standard InChI is InChI=1S/C9H15NO4S/c1-7(2)15(12,13)10-9(11)8-4-3-5-14-6-8/h6-7H,3-5H2,1-2H3,(H,10,11). The molecule has 0 radical (unpaired) electrons. The number of nitrogens with one attached hydrogen (secondary N) is 1. The Morgan fingerprint density at radius 2 is 2.20 bits per heavy atom. The lowest BCUT2D eigenvalue weighted by Gasteiger charge is -2.14. The zero-order valence-corrected chi connectivity index (χ0v) is 9.63. The summed E-state index contributed by atoms with van der Waals surface area (Å²) >= 11 is 0. The molecule has 1 amide bonds. The molecule has 1 aliphatic rings. The van der Waals surface area contributed by atoms with E-state index in [1.807, 2.05) is 4.72 Å². The molecule has 1 rings (SSSR count). The molecular formula is C9H15NO4S. The summed E-state index contributed by atoms with van der Waals surface area (Å²) < 4.78 is 29.7. The number of hydrogen-bond acceptors (Lipinski definition) is 4. The Morgan fingerprint density at radius 3 is 2.67 bits per heavy atom. The number of carbonyl (C=O) groups excluding carboxylic acids is 1. The van der Waals surface area contributed by atoms with Gasteiger partial charge in [0.25, 0.3) is 5.91 Å². The van der Waals surface area contributed by atoms with Gasteiger partial charge in [-0.25, -0.2) is 13.1 Å². The minimum absolute atomic E-state index is 0.380. The highest BCUT2D eigenvalue weighted by Crippen LogP contribution is 2.12. The normalized spacial score (nSPS) is 16.9. The summed E-state index contributed by atoms with van der Waals surface area (Å²) in [5.74, 6) is -0.580. The maximum absolute atomic E-state index is 11.5. The first kappa shape index (κ1) is 12.0. The molecule has 6 heteroatoms. The van der Waals surface area contributed by atoms with Crippen LogP contribution in [0.1, 0.15) is 26.7 Å². The van der Waals surface area contributed by atoms with Crippen molar-refractivity contribution >= 4 is 15.9 Å². The smallest absolute Gasteiger partial charge is 0.263 e. The average Bonchev–Trinajstić information content (AvgIpc) is 2.18. The first-order valence-corrected chi connectivity index (χ1v) is 6.34. The molecule has 0 unspecified atom stereocenters. The van der Waals surface area contributed by atoms with Crippen molar-refractivity contribution in [3.05, 3.63) is 11.8 Å². The van der Waals surface area contributed by atoms with E-state index in [9.17, 15) is 13.2 Å². The van der Waals surface area contributed by atoms with Gasteiger partial charge >= 0.3 is 0 Å². The van der Waals surface area contributed by atoms with E-state index in [0.29, 0.717) is 18.6 Å². The first-order chi connectivity index (χ1) is 6.93. The Kier molecular flexibility index (Phi) is 3.73. The maximum Gasteiger partial charge on any atom is 0.263 e. The number of hydrogen-bond donors (Lipinski definition) is 1. The fourth-order valence-corrected chi connectivity index (χ4v) is 1.67. The van der Waals surface area contributed by atoms with Gasteiger partial charge in [0.15, 0.2) is 0 Å². The van der Waals surface area contributed by atoms with Crippen LogP contribution in [0.15, 0.2) is 11.8 Å². The third-order valence-electron chi connectivity index (χ3n) is 2.08. The van der Waals surface area contributed by atoms with Crippen molar-refractivity contribution in [1.82, 2.24) is 4.72 Å². The molecule has 0 aromatic heterocycles. The second-order valence-corrected chi connectivity index (χ2v) is 5.88. The largest absolute Gasteiger partial charge is 0.501 e. The summed E-state index contributed by atoms with van der Waals surface area (Å²) in [7, 11) is -3.54. The predicted octanol–water partition coefficient (Wildman–Crippen LogP) is 0.535. The summed E-state index contributed by atoms with van der Waals surface area (Å²) in [4.78, 5) is 11.5. The minimum atomic E-state index is -3.54. The van der Waals surface area contributed by atoms with Gasteiger partial charge in [-0.3, -0.25) is 4.79 Å². The topological polar surface area (TPSA) is 72.5 Å². The Morgan fingerprint density at radius 1 is 1.53 bits per heavy atom. The Balaban J connectivity index is 2.67. The van der Waals surface area contributed by atoms with E-state index >= 15 is 0 Å². The third-order valence-corrected chi connectivity index (χ3v) is 3.79. The second kappa shape index (κ2) is 4.65. The van der Waals surface area contributed by atoms with Crippen LogP contribution in [0.2, 0.25) is 0 Å². The van der Waals surface area contributed by atoms with Gasteiger partial charge in [0, 0.05) is 0 Å². The summed E-state index contributed by atoms with van der Waals surface area (Å²) in [6, 6.07) is 0. The van der Waals surface area contributed by atoms with Gasteiger partial charge in [-0.05, 0) is 26.7 Å². The molecule has 0 aromatic carbocycles. The van der Waals surface area contributed by atoms with Crippen molar-refractivity contribution in [2.75, 3.05) is 6.61 Å². The van der Waals surface area contributed by atoms with E-state index in [2.05, 4.69) is 0 Å². The number of ether oxygens (including phenoxy) is 1. The molecule has 1 heterocycles. The highest BCUT2D eigenvalue weighted by atomic mass is 32.2. The van der Waals surface area contributed by atoms with Crippen molar-refractivity contribution < 1.29 is 17.9 Å². The van der Waals surface area contributed by atoms with Crippen LogP contribution >= 0.6 is 0 Å². The molecular weight excluding hydrogens is 218 g/mol. The molecule has 0 saturated heterocycles. The average molecular weight is 233 g/mol. The number of sulfonamides is 1. The van der Waals surface area contributed by atoms with E-state index < -0.39 is 21.2 Å². The van der Waals surface area contributed by atoms with Crippen LogP contribution in [-0.4, -0.2) is 26.2 Å². The zero-order chi connectivity index (χ0) is 11.5. The maximum atomic E-state index is 11.5. The molecule has 0 aliphatic carbocycles. The van der Waals surface area contributed by atoms with Crippen molar-refractivity contribution in [3.8, 4) is 0 Å². The van der Waals surface area contributed by atoms with Crippen molar-refractivity contribution in [2.45, 2.75) is 31.9 Å². The van der Waals surface area contributed by atoms with Crippen LogP contribution in [0.25, 0.3) is 0 Å². The van der Waals surface area contributed by atoms with E-state index in [0.717, 1.165) is 6.42 Å². The van der Waals surface area contributed by atoms with Gasteiger partial charge in [0.05, 0.1) is 23.7 Å². The summed E-state index contributed by atoms with van der Waals surface area (Å²) in [5, 5.41) is -0.619. The van der Waals surface area contributed by atoms with Crippen LogP contribution in [0, 0.1) is 0 Å². The van der Waals surface area contributed by atoms with Gasteiger partial charge < -0.3 is 4.74 Å². The fraction of sp³-hybridized carbons (Fsp3) is 0.667. The SMILES string of the molecule is CC(C)S(=O)(=O)NC(=O)C1=COCCC1. The van der Waals surface area contributed by atoms with E-state index in [1.165, 1.54) is 20.1 Å². The summed E-state index contributed by atoms with van der Waals surface area (Å²) in [5.41, 5.74) is 0.380. The molecule has 0 saturated carbocycles. The lowest BCUT2D eigenvalue weighted by Crippen LogP contribution is -2.37. The van der Waals surface area contributed by atoms with Crippen molar-refractivity contribution in [1.29, 1.82) is 0 Å². The highest BCUT2D eigenvalue weighted by molar-refractivity contribution is 7.90. The third kappa shape index (κ3) is 3.23. The van der Waals surface area contributed by atoms with E-state index in [4.69, 9.17) is 4.74 Å². The van der Waals surface area contributed by atoms with Crippen molar-refractivity contribution in [3.63, 3.8) is 0 Å². The molecule has 0 fully saturated rings. The number of carbonyl (C=O) groups is 1. The summed E-state index contributed by atoms with van der Waals surface area (Å²) in [6.07, 6.45) is 2.62. The lowest BCUT2D eigenvalue weighted by atomic mass is 10.1. The zero-order valence-electron chi connectivity index (χ0n) is 8.82. The highest BCUT2D eigenvalue weighted by Gasteiger charge is 2.22. The van der Waals surface area contributed by atoms with Crippen LogP contribution in [0.5, 0.6) is 0 Å². The molecule has 0 aromatic rings.